The number of rotatable bonds is 5. The molecule has 0 atom stereocenters. The molecule has 0 fully saturated rings. The number of carbonyl (C=O) groups is 2. The van der Waals surface area contributed by atoms with E-state index < -0.39 is 17.8 Å². The molecule has 3 N–H and O–H groups in total. The molecule has 2 rings (SSSR count). The van der Waals surface area contributed by atoms with Gasteiger partial charge in [0.25, 0.3) is 0 Å². The Balaban J connectivity index is 2.05. The lowest BCUT2D eigenvalue weighted by Crippen LogP contribution is -2.17. The van der Waals surface area contributed by atoms with Crippen LogP contribution < -0.4 is 10.1 Å². The molecule has 2 aromatic carbocycles. The highest BCUT2D eigenvalue weighted by Gasteiger charge is 2.15. The highest BCUT2D eigenvalue weighted by atomic mass is 32.2. The van der Waals surface area contributed by atoms with Gasteiger partial charge in [0.1, 0.15) is 11.3 Å². The number of nitrogens with one attached hydrogen (secondary N) is 1. The number of anilines is 1. The summed E-state index contributed by atoms with van der Waals surface area (Å²) >= 11 is 1.67. The minimum atomic E-state index is -1.29. The fourth-order valence-corrected chi connectivity index (χ4v) is 2.49. The van der Waals surface area contributed by atoms with Crippen LogP contribution >= 0.6 is 11.8 Å². The number of para-hydroxylation sites is 1. The number of benzene rings is 2. The summed E-state index contributed by atoms with van der Waals surface area (Å²) in [4.78, 5) is 23.8. The summed E-state index contributed by atoms with van der Waals surface area (Å²) in [7, 11) is 0. The lowest BCUT2D eigenvalue weighted by Gasteiger charge is -2.09. The van der Waals surface area contributed by atoms with Crippen LogP contribution in [-0.4, -0.2) is 28.0 Å². The van der Waals surface area contributed by atoms with E-state index in [1.54, 1.807) is 23.9 Å². The lowest BCUT2D eigenvalue weighted by atomic mass is 10.2. The Bertz CT molecular complexity index is 715. The highest BCUT2D eigenvalue weighted by molar-refractivity contribution is 7.99. The van der Waals surface area contributed by atoms with E-state index >= 15 is 0 Å². The zero-order valence-electron chi connectivity index (χ0n) is 12.3. The summed E-state index contributed by atoms with van der Waals surface area (Å²) in [5.74, 6) is -0.521. The summed E-state index contributed by atoms with van der Waals surface area (Å²) < 4.78 is 5.09. The molecule has 0 aromatic heterocycles. The van der Waals surface area contributed by atoms with E-state index in [0.29, 0.717) is 5.75 Å². The van der Waals surface area contributed by atoms with E-state index in [1.165, 1.54) is 18.2 Å². The molecule has 120 valence electrons. The van der Waals surface area contributed by atoms with Crippen molar-refractivity contribution < 1.29 is 24.5 Å². The molecule has 0 spiro atoms. The fourth-order valence-electron chi connectivity index (χ4n) is 1.83. The molecular weight excluding hydrogens is 318 g/mol. The zero-order chi connectivity index (χ0) is 16.8. The average Bonchev–Trinajstić information content (AvgIpc) is 2.51. The molecule has 7 heteroatoms. The summed E-state index contributed by atoms with van der Waals surface area (Å²) in [5, 5.41) is 21.1. The summed E-state index contributed by atoms with van der Waals surface area (Å²) in [6.45, 7) is 2.04. The maximum Gasteiger partial charge on any atom is 0.417 e. The normalized spacial score (nSPS) is 10.1. The molecule has 0 bridgehead atoms. The smallest absolute Gasteiger partial charge is 0.417 e. The number of amides is 1. The van der Waals surface area contributed by atoms with Crippen LogP contribution in [-0.2, 0) is 0 Å². The summed E-state index contributed by atoms with van der Waals surface area (Å²) in [6, 6.07) is 11.0. The SMILES string of the molecule is CCSc1ccc(OC(=O)Nc2cccc(C(=O)O)c2O)cc1. The molecule has 0 saturated carbocycles. The quantitative estimate of drug-likeness (QED) is 0.569. The maximum atomic E-state index is 11.8. The van der Waals surface area contributed by atoms with Gasteiger partial charge in [-0.25, -0.2) is 9.59 Å². The number of carboxylic acid groups (broad SMARTS) is 1. The van der Waals surface area contributed by atoms with Gasteiger partial charge in [0, 0.05) is 4.90 Å². The Labute approximate surface area is 137 Å². The molecule has 0 saturated heterocycles. The minimum absolute atomic E-state index is 0.0342. The van der Waals surface area contributed by atoms with Crippen LogP contribution in [0.15, 0.2) is 47.4 Å². The number of aromatic carboxylic acids is 1. The van der Waals surface area contributed by atoms with Gasteiger partial charge in [-0.05, 0) is 42.2 Å². The van der Waals surface area contributed by atoms with Crippen molar-refractivity contribution in [2.45, 2.75) is 11.8 Å². The van der Waals surface area contributed by atoms with E-state index in [2.05, 4.69) is 5.32 Å². The topological polar surface area (TPSA) is 95.9 Å². The van der Waals surface area contributed by atoms with Crippen LogP contribution in [0.25, 0.3) is 0 Å². The number of hydrogen-bond donors (Lipinski definition) is 3. The molecule has 0 aliphatic rings. The average molecular weight is 333 g/mol. The van der Waals surface area contributed by atoms with Gasteiger partial charge in [0.05, 0.1) is 5.69 Å². The van der Waals surface area contributed by atoms with Crippen LogP contribution in [0, 0.1) is 0 Å². The van der Waals surface area contributed by atoms with Crippen molar-refractivity contribution in [2.75, 3.05) is 11.1 Å². The predicted molar refractivity (Wildman–Crippen MR) is 87.6 cm³/mol. The number of carboxylic acids is 1. The molecule has 0 radical (unpaired) electrons. The van der Waals surface area contributed by atoms with Crippen molar-refractivity contribution in [3.8, 4) is 11.5 Å². The third kappa shape index (κ3) is 4.40. The first-order chi connectivity index (χ1) is 11.0. The van der Waals surface area contributed by atoms with Crippen molar-refractivity contribution in [1.82, 2.24) is 0 Å². The van der Waals surface area contributed by atoms with Gasteiger partial charge in [-0.2, -0.15) is 0 Å². The highest BCUT2D eigenvalue weighted by Crippen LogP contribution is 2.28. The molecule has 0 aliphatic heterocycles. The van der Waals surface area contributed by atoms with E-state index in [4.69, 9.17) is 9.84 Å². The first-order valence-electron chi connectivity index (χ1n) is 6.78. The fraction of sp³-hybridized carbons (Fsp3) is 0.125. The van der Waals surface area contributed by atoms with E-state index in [-0.39, 0.29) is 11.3 Å². The number of aromatic hydroxyl groups is 1. The van der Waals surface area contributed by atoms with Crippen molar-refractivity contribution in [3.05, 3.63) is 48.0 Å². The Hall–Kier alpha value is -2.67. The first kappa shape index (κ1) is 16.7. The molecule has 0 unspecified atom stereocenters. The standard InChI is InChI=1S/C16H15NO5S/c1-2-23-11-8-6-10(7-9-11)22-16(21)17-13-5-3-4-12(14(13)18)15(19)20/h3-9,18H,2H2,1H3,(H,17,21)(H,19,20). The summed E-state index contributed by atoms with van der Waals surface area (Å²) in [6.07, 6.45) is -0.821. The molecule has 23 heavy (non-hydrogen) atoms. The maximum absolute atomic E-state index is 11.8. The minimum Gasteiger partial charge on any atom is -0.505 e. The van der Waals surface area contributed by atoms with Crippen LogP contribution in [0.4, 0.5) is 10.5 Å². The Morgan fingerprint density at radius 3 is 2.48 bits per heavy atom. The Kier molecular flexibility index (Phi) is 5.48. The van der Waals surface area contributed by atoms with Crippen molar-refractivity contribution >= 4 is 29.5 Å². The second-order valence-electron chi connectivity index (χ2n) is 4.43. The molecule has 6 nitrogen and oxygen atoms in total. The monoisotopic (exact) mass is 333 g/mol. The molecule has 2 aromatic rings. The second kappa shape index (κ2) is 7.55. The first-order valence-corrected chi connectivity index (χ1v) is 7.76. The van der Waals surface area contributed by atoms with E-state index in [1.807, 2.05) is 19.1 Å². The van der Waals surface area contributed by atoms with Gasteiger partial charge < -0.3 is 14.9 Å². The van der Waals surface area contributed by atoms with E-state index in [0.717, 1.165) is 10.6 Å². The van der Waals surface area contributed by atoms with Crippen molar-refractivity contribution in [3.63, 3.8) is 0 Å². The third-order valence-electron chi connectivity index (χ3n) is 2.85. The second-order valence-corrected chi connectivity index (χ2v) is 5.76. The Morgan fingerprint density at radius 1 is 1.17 bits per heavy atom. The predicted octanol–water partition coefficient (Wildman–Crippen LogP) is 3.81. The number of carbonyl (C=O) groups excluding carboxylic acids is 1. The van der Waals surface area contributed by atoms with Gasteiger partial charge in [0.2, 0.25) is 0 Å². The van der Waals surface area contributed by atoms with E-state index in [9.17, 15) is 14.7 Å². The van der Waals surface area contributed by atoms with Gasteiger partial charge in [0.15, 0.2) is 5.75 Å². The molecule has 1 amide bonds. The van der Waals surface area contributed by atoms with Gasteiger partial charge >= 0.3 is 12.1 Å². The molecular formula is C16H15NO5S. The van der Waals surface area contributed by atoms with Gasteiger partial charge in [-0.1, -0.05) is 13.0 Å². The third-order valence-corrected chi connectivity index (χ3v) is 3.74. The van der Waals surface area contributed by atoms with Crippen LogP contribution in [0.5, 0.6) is 11.5 Å². The lowest BCUT2D eigenvalue weighted by molar-refractivity contribution is 0.0693. The number of thioether (sulfide) groups is 1. The van der Waals surface area contributed by atoms with Crippen molar-refractivity contribution in [2.24, 2.45) is 0 Å². The zero-order valence-corrected chi connectivity index (χ0v) is 13.1. The number of phenols is 1. The van der Waals surface area contributed by atoms with Crippen molar-refractivity contribution in [1.29, 1.82) is 0 Å². The van der Waals surface area contributed by atoms with Gasteiger partial charge in [-0.15, -0.1) is 11.8 Å². The number of ether oxygens (including phenoxy) is 1. The molecule has 0 aliphatic carbocycles. The van der Waals surface area contributed by atoms with Crippen LogP contribution in [0.1, 0.15) is 17.3 Å². The van der Waals surface area contributed by atoms with Crippen LogP contribution in [0.2, 0.25) is 0 Å². The largest absolute Gasteiger partial charge is 0.505 e. The summed E-state index contributed by atoms with van der Waals surface area (Å²) in [5.41, 5.74) is -0.336. The number of hydrogen-bond acceptors (Lipinski definition) is 5. The molecule has 0 heterocycles. The van der Waals surface area contributed by atoms with Crippen LogP contribution in [0.3, 0.4) is 0 Å². The van der Waals surface area contributed by atoms with Gasteiger partial charge in [-0.3, -0.25) is 5.32 Å². The Morgan fingerprint density at radius 2 is 1.87 bits per heavy atom.